The molecular weight excluding hydrogens is 252 g/mol. The minimum Gasteiger partial charge on any atom is -0.504 e. The second-order valence-electron chi connectivity index (χ2n) is 4.39. The third-order valence-electron chi connectivity index (χ3n) is 3.26. The predicted molar refractivity (Wildman–Crippen MR) is 79.7 cm³/mol. The molecule has 0 amide bonds. The first-order chi connectivity index (χ1) is 9.71. The number of ether oxygens (including phenoxy) is 2. The summed E-state index contributed by atoms with van der Waals surface area (Å²) >= 11 is 0. The van der Waals surface area contributed by atoms with Crippen LogP contribution >= 0.6 is 0 Å². The lowest BCUT2D eigenvalue weighted by Gasteiger charge is -2.18. The lowest BCUT2D eigenvalue weighted by atomic mass is 9.90. The standard InChI is InChI=1S/C17H18O3/c1-4-13(12-8-6-5-7-9-12)14-10-15(18)17(20-3)11-16(14)19-2/h4-11,13,18H,1H2,2-3H3/t13-/m0/s1. The van der Waals surface area contributed by atoms with Crippen LogP contribution in [0, 0.1) is 0 Å². The summed E-state index contributed by atoms with van der Waals surface area (Å²) in [5.41, 5.74) is 1.94. The third-order valence-corrected chi connectivity index (χ3v) is 3.26. The molecular formula is C17H18O3. The molecule has 1 atom stereocenters. The van der Waals surface area contributed by atoms with Crippen molar-refractivity contribution in [3.05, 3.63) is 66.2 Å². The number of allylic oxidation sites excluding steroid dienone is 1. The van der Waals surface area contributed by atoms with Gasteiger partial charge in [-0.25, -0.2) is 0 Å². The van der Waals surface area contributed by atoms with E-state index in [1.165, 1.54) is 7.11 Å². The zero-order valence-corrected chi connectivity index (χ0v) is 11.7. The van der Waals surface area contributed by atoms with E-state index in [1.54, 1.807) is 19.2 Å². The molecule has 104 valence electrons. The van der Waals surface area contributed by atoms with Gasteiger partial charge in [-0.15, -0.1) is 6.58 Å². The molecule has 0 aliphatic heterocycles. The highest BCUT2D eigenvalue weighted by molar-refractivity contribution is 5.54. The maximum atomic E-state index is 9.99. The molecule has 0 fully saturated rings. The van der Waals surface area contributed by atoms with E-state index in [0.29, 0.717) is 11.5 Å². The largest absolute Gasteiger partial charge is 0.504 e. The second-order valence-corrected chi connectivity index (χ2v) is 4.39. The van der Waals surface area contributed by atoms with E-state index in [9.17, 15) is 5.11 Å². The van der Waals surface area contributed by atoms with Gasteiger partial charge in [0.25, 0.3) is 0 Å². The molecule has 2 rings (SSSR count). The topological polar surface area (TPSA) is 38.7 Å². The number of phenolic OH excluding ortho intramolecular Hbond substituents is 1. The number of phenols is 1. The van der Waals surface area contributed by atoms with Crippen molar-refractivity contribution in [2.24, 2.45) is 0 Å². The Labute approximate surface area is 119 Å². The molecule has 0 aromatic heterocycles. The van der Waals surface area contributed by atoms with Gasteiger partial charge in [0.05, 0.1) is 14.2 Å². The molecule has 0 radical (unpaired) electrons. The molecule has 0 heterocycles. The molecule has 0 spiro atoms. The number of hydrogen-bond donors (Lipinski definition) is 1. The van der Waals surface area contributed by atoms with Gasteiger partial charge in [0.1, 0.15) is 5.75 Å². The van der Waals surface area contributed by atoms with E-state index in [0.717, 1.165) is 11.1 Å². The van der Waals surface area contributed by atoms with Gasteiger partial charge in [0, 0.05) is 17.5 Å². The fraction of sp³-hybridized carbons (Fsp3) is 0.176. The van der Waals surface area contributed by atoms with Gasteiger partial charge in [0.2, 0.25) is 0 Å². The Kier molecular flexibility index (Phi) is 4.31. The van der Waals surface area contributed by atoms with Crippen molar-refractivity contribution in [1.29, 1.82) is 0 Å². The summed E-state index contributed by atoms with van der Waals surface area (Å²) in [7, 11) is 3.11. The normalized spacial score (nSPS) is 11.7. The quantitative estimate of drug-likeness (QED) is 0.841. The van der Waals surface area contributed by atoms with Crippen LogP contribution in [-0.2, 0) is 0 Å². The van der Waals surface area contributed by atoms with E-state index in [-0.39, 0.29) is 11.7 Å². The van der Waals surface area contributed by atoms with Gasteiger partial charge in [-0.2, -0.15) is 0 Å². The van der Waals surface area contributed by atoms with Crippen LogP contribution < -0.4 is 9.47 Å². The molecule has 0 aliphatic rings. The van der Waals surface area contributed by atoms with Crippen molar-refractivity contribution in [2.75, 3.05) is 14.2 Å². The van der Waals surface area contributed by atoms with E-state index in [1.807, 2.05) is 36.4 Å². The monoisotopic (exact) mass is 270 g/mol. The van der Waals surface area contributed by atoms with E-state index < -0.39 is 0 Å². The zero-order valence-electron chi connectivity index (χ0n) is 11.7. The summed E-state index contributed by atoms with van der Waals surface area (Å²) in [6.07, 6.45) is 1.83. The van der Waals surface area contributed by atoms with Crippen LogP contribution in [-0.4, -0.2) is 19.3 Å². The van der Waals surface area contributed by atoms with Crippen LogP contribution in [0.15, 0.2) is 55.1 Å². The lowest BCUT2D eigenvalue weighted by Crippen LogP contribution is -2.01. The minimum atomic E-state index is -0.0528. The average molecular weight is 270 g/mol. The first-order valence-electron chi connectivity index (χ1n) is 6.33. The van der Waals surface area contributed by atoms with Crippen LogP contribution in [0.25, 0.3) is 0 Å². The first-order valence-corrected chi connectivity index (χ1v) is 6.33. The molecule has 3 nitrogen and oxygen atoms in total. The summed E-state index contributed by atoms with van der Waals surface area (Å²) in [5, 5.41) is 9.99. The number of methoxy groups -OCH3 is 2. The van der Waals surface area contributed by atoms with E-state index >= 15 is 0 Å². The van der Waals surface area contributed by atoms with Crippen molar-refractivity contribution in [2.45, 2.75) is 5.92 Å². The van der Waals surface area contributed by atoms with Crippen molar-refractivity contribution in [1.82, 2.24) is 0 Å². The molecule has 3 heteroatoms. The summed E-state index contributed by atoms with van der Waals surface area (Å²) in [6, 6.07) is 13.3. The summed E-state index contributed by atoms with van der Waals surface area (Å²) in [6.45, 7) is 3.89. The van der Waals surface area contributed by atoms with Crippen molar-refractivity contribution >= 4 is 0 Å². The highest BCUT2D eigenvalue weighted by atomic mass is 16.5. The molecule has 0 unspecified atom stereocenters. The Balaban J connectivity index is 2.55. The molecule has 0 saturated carbocycles. The summed E-state index contributed by atoms with van der Waals surface area (Å²) in [5.74, 6) is 1.09. The first kappa shape index (κ1) is 14.0. The van der Waals surface area contributed by atoms with Crippen LogP contribution in [0.3, 0.4) is 0 Å². The molecule has 0 saturated heterocycles. The Bertz CT molecular complexity index is 591. The Morgan fingerprint density at radius 3 is 2.25 bits per heavy atom. The predicted octanol–water partition coefficient (Wildman–Crippen LogP) is 3.73. The maximum absolute atomic E-state index is 9.99. The molecule has 2 aromatic rings. The van der Waals surface area contributed by atoms with Gasteiger partial charge in [-0.3, -0.25) is 0 Å². The number of aromatic hydroxyl groups is 1. The highest BCUT2D eigenvalue weighted by Gasteiger charge is 2.18. The number of hydrogen-bond acceptors (Lipinski definition) is 3. The van der Waals surface area contributed by atoms with Crippen LogP contribution in [0.2, 0.25) is 0 Å². The van der Waals surface area contributed by atoms with E-state index in [2.05, 4.69) is 6.58 Å². The van der Waals surface area contributed by atoms with Crippen LogP contribution in [0.1, 0.15) is 17.0 Å². The second kappa shape index (κ2) is 6.15. The summed E-state index contributed by atoms with van der Waals surface area (Å²) in [4.78, 5) is 0. The number of rotatable bonds is 5. The third kappa shape index (κ3) is 2.62. The minimum absolute atomic E-state index is 0.0528. The van der Waals surface area contributed by atoms with Gasteiger partial charge in [-0.1, -0.05) is 36.4 Å². The fourth-order valence-corrected chi connectivity index (χ4v) is 2.25. The van der Waals surface area contributed by atoms with Crippen molar-refractivity contribution in [3.63, 3.8) is 0 Å². The van der Waals surface area contributed by atoms with Crippen molar-refractivity contribution < 1.29 is 14.6 Å². The SMILES string of the molecule is C=C[C@@H](c1ccccc1)c1cc(O)c(OC)cc1OC. The molecule has 0 bridgehead atoms. The molecule has 2 aromatic carbocycles. The maximum Gasteiger partial charge on any atom is 0.164 e. The molecule has 1 N–H and O–H groups in total. The summed E-state index contributed by atoms with van der Waals surface area (Å²) < 4.78 is 10.5. The Hall–Kier alpha value is -2.42. The average Bonchev–Trinajstić information content (AvgIpc) is 2.49. The van der Waals surface area contributed by atoms with Gasteiger partial charge < -0.3 is 14.6 Å². The fourth-order valence-electron chi connectivity index (χ4n) is 2.25. The van der Waals surface area contributed by atoms with Gasteiger partial charge >= 0.3 is 0 Å². The molecule has 0 aliphatic carbocycles. The Morgan fingerprint density at radius 2 is 1.70 bits per heavy atom. The van der Waals surface area contributed by atoms with Gasteiger partial charge in [-0.05, 0) is 11.6 Å². The van der Waals surface area contributed by atoms with Crippen LogP contribution in [0.4, 0.5) is 0 Å². The van der Waals surface area contributed by atoms with Crippen molar-refractivity contribution in [3.8, 4) is 17.2 Å². The highest BCUT2D eigenvalue weighted by Crippen LogP contribution is 2.40. The zero-order chi connectivity index (χ0) is 14.5. The number of benzene rings is 2. The van der Waals surface area contributed by atoms with Crippen LogP contribution in [0.5, 0.6) is 17.2 Å². The Morgan fingerprint density at radius 1 is 1.05 bits per heavy atom. The molecule has 20 heavy (non-hydrogen) atoms. The van der Waals surface area contributed by atoms with E-state index in [4.69, 9.17) is 9.47 Å². The van der Waals surface area contributed by atoms with Gasteiger partial charge in [0.15, 0.2) is 11.5 Å². The smallest absolute Gasteiger partial charge is 0.164 e. The lowest BCUT2D eigenvalue weighted by molar-refractivity contribution is 0.362.